The van der Waals surface area contributed by atoms with Crippen LogP contribution in [0.4, 0.5) is 0 Å². The molecule has 0 amide bonds. The van der Waals surface area contributed by atoms with Crippen LogP contribution in [0.2, 0.25) is 0 Å². The summed E-state index contributed by atoms with van der Waals surface area (Å²) in [4.78, 5) is 10.5. The maximum atomic E-state index is 10.5. The lowest BCUT2D eigenvalue weighted by atomic mass is 10.3. The van der Waals surface area contributed by atoms with E-state index < -0.39 is 5.97 Å². The number of carbonyl (C=O) groups is 1. The normalized spacial score (nSPS) is 9.85. The van der Waals surface area contributed by atoms with E-state index >= 15 is 0 Å². The first kappa shape index (κ1) is 9.51. The first-order valence-electron chi connectivity index (χ1n) is 4.10. The van der Waals surface area contributed by atoms with Crippen molar-refractivity contribution < 1.29 is 9.90 Å². The van der Waals surface area contributed by atoms with E-state index in [9.17, 15) is 4.79 Å². The van der Waals surface area contributed by atoms with Crippen molar-refractivity contribution in [2.75, 3.05) is 0 Å². The Balaban J connectivity index is 2.49. The third-order valence-corrected chi connectivity index (χ3v) is 1.68. The third-order valence-electron chi connectivity index (χ3n) is 1.68. The van der Waals surface area contributed by atoms with Crippen molar-refractivity contribution in [2.24, 2.45) is 0 Å². The van der Waals surface area contributed by atoms with Crippen LogP contribution in [0.1, 0.15) is 23.2 Å². The van der Waals surface area contributed by atoms with Gasteiger partial charge in [0, 0.05) is 12.7 Å². The third kappa shape index (κ3) is 2.74. The summed E-state index contributed by atoms with van der Waals surface area (Å²) in [7, 11) is 0. The Bertz CT molecular complexity index is 304. The first-order valence-corrected chi connectivity index (χ1v) is 4.10. The second-order valence-electron chi connectivity index (χ2n) is 2.73. The molecule has 0 aromatic carbocycles. The molecule has 0 aliphatic carbocycles. The minimum atomic E-state index is -0.935. The van der Waals surface area contributed by atoms with Gasteiger partial charge in [-0.05, 0) is 12.8 Å². The van der Waals surface area contributed by atoms with Crippen LogP contribution in [-0.2, 0) is 6.54 Å². The van der Waals surface area contributed by atoms with Crippen LogP contribution >= 0.6 is 0 Å². The van der Waals surface area contributed by atoms with Crippen molar-refractivity contribution in [1.82, 2.24) is 9.78 Å². The van der Waals surface area contributed by atoms with Crippen LogP contribution in [0.5, 0.6) is 0 Å². The molecule has 0 saturated heterocycles. The summed E-state index contributed by atoms with van der Waals surface area (Å²) >= 11 is 0. The number of hydrogen-bond acceptors (Lipinski definition) is 2. The van der Waals surface area contributed by atoms with Gasteiger partial charge in [0.25, 0.3) is 0 Å². The Morgan fingerprint density at radius 3 is 3.08 bits per heavy atom. The molecule has 1 N–H and O–H groups in total. The molecule has 4 nitrogen and oxygen atoms in total. The van der Waals surface area contributed by atoms with Crippen molar-refractivity contribution in [3.8, 4) is 0 Å². The van der Waals surface area contributed by atoms with Gasteiger partial charge in [-0.1, -0.05) is 6.08 Å². The Morgan fingerprint density at radius 1 is 1.77 bits per heavy atom. The van der Waals surface area contributed by atoms with Gasteiger partial charge in [0.2, 0.25) is 0 Å². The summed E-state index contributed by atoms with van der Waals surface area (Å²) in [6.07, 6.45) is 6.58. The number of rotatable bonds is 5. The number of allylic oxidation sites excluding steroid dienone is 1. The highest BCUT2D eigenvalue weighted by molar-refractivity contribution is 5.86. The summed E-state index contributed by atoms with van der Waals surface area (Å²) in [5, 5.41) is 12.5. The zero-order valence-electron chi connectivity index (χ0n) is 7.31. The van der Waals surface area contributed by atoms with Gasteiger partial charge in [-0.15, -0.1) is 6.58 Å². The number of aromatic carboxylic acids is 1. The molecule has 0 spiro atoms. The van der Waals surface area contributed by atoms with E-state index in [-0.39, 0.29) is 5.56 Å². The minimum absolute atomic E-state index is 0.235. The Morgan fingerprint density at radius 2 is 2.54 bits per heavy atom. The van der Waals surface area contributed by atoms with E-state index in [1.165, 1.54) is 12.4 Å². The number of carboxylic acids is 1. The Labute approximate surface area is 76.5 Å². The van der Waals surface area contributed by atoms with Crippen molar-refractivity contribution in [1.29, 1.82) is 0 Å². The Hall–Kier alpha value is -1.58. The summed E-state index contributed by atoms with van der Waals surface area (Å²) in [6, 6.07) is 0. The summed E-state index contributed by atoms with van der Waals surface area (Å²) in [5.74, 6) is -0.935. The molecule has 1 aromatic heterocycles. The van der Waals surface area contributed by atoms with Crippen molar-refractivity contribution >= 4 is 5.97 Å². The lowest BCUT2D eigenvalue weighted by Gasteiger charge is -1.96. The lowest BCUT2D eigenvalue weighted by Crippen LogP contribution is -1.98. The maximum absolute atomic E-state index is 10.5. The zero-order chi connectivity index (χ0) is 9.68. The van der Waals surface area contributed by atoms with Crippen LogP contribution in [0.3, 0.4) is 0 Å². The molecular weight excluding hydrogens is 168 g/mol. The van der Waals surface area contributed by atoms with Crippen LogP contribution in [0.15, 0.2) is 25.0 Å². The predicted octanol–water partition coefficient (Wildman–Crippen LogP) is 1.55. The number of aryl methyl sites for hydroxylation is 1. The van der Waals surface area contributed by atoms with Crippen molar-refractivity contribution in [3.63, 3.8) is 0 Å². The molecule has 1 heterocycles. The van der Waals surface area contributed by atoms with Gasteiger partial charge in [0.05, 0.1) is 11.8 Å². The summed E-state index contributed by atoms with van der Waals surface area (Å²) in [6.45, 7) is 4.34. The second-order valence-corrected chi connectivity index (χ2v) is 2.73. The monoisotopic (exact) mass is 180 g/mol. The average molecular weight is 180 g/mol. The van der Waals surface area contributed by atoms with E-state index in [1.807, 2.05) is 6.08 Å². The molecule has 0 unspecified atom stereocenters. The fourth-order valence-corrected chi connectivity index (χ4v) is 0.994. The highest BCUT2D eigenvalue weighted by Crippen LogP contribution is 1.99. The van der Waals surface area contributed by atoms with Crippen LogP contribution in [0.25, 0.3) is 0 Å². The van der Waals surface area contributed by atoms with Gasteiger partial charge in [-0.3, -0.25) is 4.68 Å². The number of carboxylic acid groups (broad SMARTS) is 1. The number of aromatic nitrogens is 2. The standard InChI is InChI=1S/C9H12N2O2/c1-2-3-4-5-11-7-8(6-10-11)9(12)13/h2,6-7H,1,3-5H2,(H,12,13). The van der Waals surface area contributed by atoms with E-state index in [0.29, 0.717) is 0 Å². The van der Waals surface area contributed by atoms with Crippen LogP contribution in [-0.4, -0.2) is 20.9 Å². The smallest absolute Gasteiger partial charge is 0.338 e. The first-order chi connectivity index (χ1) is 6.24. The maximum Gasteiger partial charge on any atom is 0.338 e. The average Bonchev–Trinajstić information content (AvgIpc) is 2.53. The summed E-state index contributed by atoms with van der Waals surface area (Å²) in [5.41, 5.74) is 0.235. The number of nitrogens with zero attached hydrogens (tertiary/aromatic N) is 2. The molecular formula is C9H12N2O2. The van der Waals surface area contributed by atoms with Crippen LogP contribution in [0, 0.1) is 0 Å². The van der Waals surface area contributed by atoms with Crippen molar-refractivity contribution in [2.45, 2.75) is 19.4 Å². The highest BCUT2D eigenvalue weighted by atomic mass is 16.4. The molecule has 70 valence electrons. The quantitative estimate of drug-likeness (QED) is 0.552. The SMILES string of the molecule is C=CCCCn1cc(C(=O)O)cn1. The number of hydrogen-bond donors (Lipinski definition) is 1. The van der Waals surface area contributed by atoms with Crippen molar-refractivity contribution in [3.05, 3.63) is 30.6 Å². The van der Waals surface area contributed by atoms with Gasteiger partial charge in [-0.25, -0.2) is 4.79 Å². The predicted molar refractivity (Wildman–Crippen MR) is 48.6 cm³/mol. The molecule has 13 heavy (non-hydrogen) atoms. The van der Waals surface area contributed by atoms with E-state index in [2.05, 4.69) is 11.7 Å². The van der Waals surface area contributed by atoms with Gasteiger partial charge in [0.15, 0.2) is 0 Å². The topological polar surface area (TPSA) is 55.1 Å². The largest absolute Gasteiger partial charge is 0.478 e. The van der Waals surface area contributed by atoms with Crippen LogP contribution < -0.4 is 0 Å². The molecule has 0 aliphatic rings. The zero-order valence-corrected chi connectivity index (χ0v) is 7.31. The lowest BCUT2D eigenvalue weighted by molar-refractivity contribution is 0.0697. The van der Waals surface area contributed by atoms with Gasteiger partial charge in [-0.2, -0.15) is 5.10 Å². The molecule has 1 aromatic rings. The molecule has 0 saturated carbocycles. The molecule has 4 heteroatoms. The minimum Gasteiger partial charge on any atom is -0.478 e. The molecule has 0 bridgehead atoms. The number of unbranched alkanes of at least 4 members (excludes halogenated alkanes) is 1. The van der Waals surface area contributed by atoms with Gasteiger partial charge < -0.3 is 5.11 Å². The molecule has 0 radical (unpaired) electrons. The second kappa shape index (κ2) is 4.45. The van der Waals surface area contributed by atoms with E-state index in [0.717, 1.165) is 19.4 Å². The van der Waals surface area contributed by atoms with E-state index in [1.54, 1.807) is 4.68 Å². The van der Waals surface area contributed by atoms with E-state index in [4.69, 9.17) is 5.11 Å². The summed E-state index contributed by atoms with van der Waals surface area (Å²) < 4.78 is 1.63. The molecule has 0 aliphatic heterocycles. The Kier molecular flexibility index (Phi) is 3.25. The molecule has 1 rings (SSSR count). The molecule has 0 atom stereocenters. The fraction of sp³-hybridized carbons (Fsp3) is 0.333. The highest BCUT2D eigenvalue weighted by Gasteiger charge is 2.04. The van der Waals surface area contributed by atoms with Gasteiger partial charge in [0.1, 0.15) is 0 Å². The fourth-order valence-electron chi connectivity index (χ4n) is 0.994. The van der Waals surface area contributed by atoms with Gasteiger partial charge >= 0.3 is 5.97 Å². The molecule has 0 fully saturated rings.